The molecule has 1 aliphatic rings. The maximum absolute atomic E-state index is 11.5. The van der Waals surface area contributed by atoms with Crippen molar-refractivity contribution < 1.29 is 24.1 Å². The van der Waals surface area contributed by atoms with E-state index in [1.807, 2.05) is 0 Å². The summed E-state index contributed by atoms with van der Waals surface area (Å²) in [5.74, 6) is 0.373. The molecule has 0 radical (unpaired) electrons. The van der Waals surface area contributed by atoms with Crippen LogP contribution in [0.15, 0.2) is 16.6 Å². The van der Waals surface area contributed by atoms with Gasteiger partial charge in [-0.15, -0.1) is 0 Å². The molecule has 1 saturated carbocycles. The number of rotatable bonds is 5. The number of carbonyl (C=O) groups is 1. The highest BCUT2D eigenvalue weighted by atomic mass is 79.9. The molecule has 0 saturated heterocycles. The van der Waals surface area contributed by atoms with Crippen LogP contribution in [0.4, 0.5) is 0 Å². The standard InChI is InChI=1S/C15H19BrO5/c1-19-14-11(16)7-9(13(17)15(18)20-2)8-12(14)21-10-5-3-4-6-10/h7-8,10,13,17H,3-6H2,1-2H3. The van der Waals surface area contributed by atoms with E-state index in [4.69, 9.17) is 9.47 Å². The lowest BCUT2D eigenvalue weighted by atomic mass is 10.1. The number of hydrogen-bond acceptors (Lipinski definition) is 5. The molecule has 1 aromatic rings. The third-order valence-corrected chi connectivity index (χ3v) is 4.16. The minimum absolute atomic E-state index is 0.149. The molecular formula is C15H19BrO5. The zero-order valence-electron chi connectivity index (χ0n) is 12.1. The summed E-state index contributed by atoms with van der Waals surface area (Å²) in [7, 11) is 2.79. The van der Waals surface area contributed by atoms with Crippen molar-refractivity contribution in [1.29, 1.82) is 0 Å². The van der Waals surface area contributed by atoms with Crippen LogP contribution in [0.1, 0.15) is 37.4 Å². The van der Waals surface area contributed by atoms with E-state index in [9.17, 15) is 9.90 Å². The summed E-state index contributed by atoms with van der Waals surface area (Å²) in [6.07, 6.45) is 3.12. The molecule has 116 valence electrons. The summed E-state index contributed by atoms with van der Waals surface area (Å²) < 4.78 is 16.5. The van der Waals surface area contributed by atoms with Crippen LogP contribution in [0.3, 0.4) is 0 Å². The van der Waals surface area contributed by atoms with Crippen molar-refractivity contribution in [2.75, 3.05) is 14.2 Å². The summed E-state index contributed by atoms with van der Waals surface area (Å²) in [6, 6.07) is 3.26. The molecule has 1 unspecified atom stereocenters. The van der Waals surface area contributed by atoms with Gasteiger partial charge in [0.25, 0.3) is 0 Å². The van der Waals surface area contributed by atoms with Crippen LogP contribution >= 0.6 is 15.9 Å². The smallest absolute Gasteiger partial charge is 0.339 e. The van der Waals surface area contributed by atoms with Gasteiger partial charge in [0.2, 0.25) is 0 Å². The topological polar surface area (TPSA) is 65.0 Å². The molecule has 2 rings (SSSR count). The number of methoxy groups -OCH3 is 2. The van der Waals surface area contributed by atoms with Gasteiger partial charge in [-0.2, -0.15) is 0 Å². The van der Waals surface area contributed by atoms with Crippen molar-refractivity contribution in [2.24, 2.45) is 0 Å². The van der Waals surface area contributed by atoms with Crippen LogP contribution in [0.25, 0.3) is 0 Å². The van der Waals surface area contributed by atoms with Crippen LogP contribution in [0.2, 0.25) is 0 Å². The predicted molar refractivity (Wildman–Crippen MR) is 80.6 cm³/mol. The zero-order chi connectivity index (χ0) is 15.4. The molecule has 5 nitrogen and oxygen atoms in total. The number of ether oxygens (including phenoxy) is 3. The molecule has 1 fully saturated rings. The third kappa shape index (κ3) is 3.68. The maximum atomic E-state index is 11.5. The molecule has 0 spiro atoms. The van der Waals surface area contributed by atoms with E-state index in [1.165, 1.54) is 7.11 Å². The molecule has 0 aromatic heterocycles. The van der Waals surface area contributed by atoms with Crippen molar-refractivity contribution in [1.82, 2.24) is 0 Å². The Morgan fingerprint density at radius 1 is 1.33 bits per heavy atom. The average molecular weight is 359 g/mol. The molecule has 0 bridgehead atoms. The van der Waals surface area contributed by atoms with E-state index in [1.54, 1.807) is 19.2 Å². The van der Waals surface area contributed by atoms with E-state index in [0.29, 0.717) is 21.5 Å². The first-order valence-electron chi connectivity index (χ1n) is 6.86. The lowest BCUT2D eigenvalue weighted by Gasteiger charge is -2.19. The number of aliphatic hydroxyl groups excluding tert-OH is 1. The van der Waals surface area contributed by atoms with Crippen molar-refractivity contribution in [3.63, 3.8) is 0 Å². The Balaban J connectivity index is 2.31. The van der Waals surface area contributed by atoms with E-state index < -0.39 is 12.1 Å². The number of halogens is 1. The van der Waals surface area contributed by atoms with Gasteiger partial charge < -0.3 is 19.3 Å². The third-order valence-electron chi connectivity index (χ3n) is 3.57. The van der Waals surface area contributed by atoms with Gasteiger partial charge in [0.15, 0.2) is 17.6 Å². The average Bonchev–Trinajstić information content (AvgIpc) is 2.98. The van der Waals surface area contributed by atoms with Crippen LogP contribution in [-0.4, -0.2) is 31.4 Å². The fourth-order valence-corrected chi connectivity index (χ4v) is 3.09. The molecule has 0 aliphatic heterocycles. The SMILES string of the molecule is COC(=O)C(O)c1cc(Br)c(OC)c(OC2CCCC2)c1. The Bertz CT molecular complexity index is 511. The zero-order valence-corrected chi connectivity index (χ0v) is 13.7. The first kappa shape index (κ1) is 16.1. The largest absolute Gasteiger partial charge is 0.492 e. The van der Waals surface area contributed by atoms with E-state index in [2.05, 4.69) is 20.7 Å². The molecule has 1 aromatic carbocycles. The Morgan fingerprint density at radius 2 is 2.00 bits per heavy atom. The Morgan fingerprint density at radius 3 is 2.57 bits per heavy atom. The lowest BCUT2D eigenvalue weighted by molar-refractivity contribution is -0.150. The molecular weight excluding hydrogens is 340 g/mol. The van der Waals surface area contributed by atoms with Gasteiger partial charge in [0, 0.05) is 0 Å². The quantitative estimate of drug-likeness (QED) is 0.819. The van der Waals surface area contributed by atoms with Gasteiger partial charge in [0.1, 0.15) is 0 Å². The fourth-order valence-electron chi connectivity index (χ4n) is 2.47. The Hall–Kier alpha value is -1.27. The number of hydrogen-bond donors (Lipinski definition) is 1. The second-order valence-corrected chi connectivity index (χ2v) is 5.84. The van der Waals surface area contributed by atoms with E-state index in [-0.39, 0.29) is 6.10 Å². The molecule has 1 atom stereocenters. The highest BCUT2D eigenvalue weighted by Crippen LogP contribution is 2.40. The molecule has 6 heteroatoms. The van der Waals surface area contributed by atoms with Gasteiger partial charge in [-0.3, -0.25) is 0 Å². The monoisotopic (exact) mass is 358 g/mol. The molecule has 1 aliphatic carbocycles. The Kier molecular flexibility index (Phi) is 5.47. The number of esters is 1. The minimum atomic E-state index is -1.34. The minimum Gasteiger partial charge on any atom is -0.492 e. The molecule has 21 heavy (non-hydrogen) atoms. The normalized spacial score (nSPS) is 16.6. The second-order valence-electron chi connectivity index (χ2n) is 4.98. The molecule has 1 N–H and O–H groups in total. The van der Waals surface area contributed by atoms with Crippen LogP contribution in [0, 0.1) is 0 Å². The number of carbonyl (C=O) groups excluding carboxylic acids is 1. The lowest BCUT2D eigenvalue weighted by Crippen LogP contribution is -2.15. The first-order chi connectivity index (χ1) is 10.1. The number of aliphatic hydroxyl groups is 1. The summed E-state index contributed by atoms with van der Waals surface area (Å²) in [4.78, 5) is 11.5. The second kappa shape index (κ2) is 7.13. The van der Waals surface area contributed by atoms with Gasteiger partial charge >= 0.3 is 5.97 Å². The van der Waals surface area contributed by atoms with Crippen LogP contribution < -0.4 is 9.47 Å². The van der Waals surface area contributed by atoms with Gasteiger partial charge in [-0.05, 0) is 59.3 Å². The van der Waals surface area contributed by atoms with Crippen molar-refractivity contribution in [3.8, 4) is 11.5 Å². The van der Waals surface area contributed by atoms with E-state index >= 15 is 0 Å². The fraction of sp³-hybridized carbons (Fsp3) is 0.533. The molecule has 0 amide bonds. The maximum Gasteiger partial charge on any atom is 0.339 e. The van der Waals surface area contributed by atoms with Gasteiger partial charge in [-0.1, -0.05) is 0 Å². The summed E-state index contributed by atoms with van der Waals surface area (Å²) in [6.45, 7) is 0. The highest BCUT2D eigenvalue weighted by Gasteiger charge is 2.24. The summed E-state index contributed by atoms with van der Waals surface area (Å²) in [5.41, 5.74) is 0.405. The van der Waals surface area contributed by atoms with Crippen LogP contribution in [0.5, 0.6) is 11.5 Å². The Labute approximate surface area is 132 Å². The van der Waals surface area contributed by atoms with Gasteiger partial charge in [-0.25, -0.2) is 4.79 Å². The van der Waals surface area contributed by atoms with Crippen LogP contribution in [-0.2, 0) is 9.53 Å². The van der Waals surface area contributed by atoms with Gasteiger partial charge in [0.05, 0.1) is 24.8 Å². The summed E-state index contributed by atoms with van der Waals surface area (Å²) in [5, 5.41) is 9.97. The number of benzene rings is 1. The molecule has 0 heterocycles. The van der Waals surface area contributed by atoms with Crippen molar-refractivity contribution in [2.45, 2.75) is 37.9 Å². The van der Waals surface area contributed by atoms with E-state index in [0.717, 1.165) is 25.7 Å². The first-order valence-corrected chi connectivity index (χ1v) is 7.66. The predicted octanol–water partition coefficient (Wildman–Crippen LogP) is 2.99. The highest BCUT2D eigenvalue weighted by molar-refractivity contribution is 9.10. The summed E-state index contributed by atoms with van der Waals surface area (Å²) >= 11 is 3.38. The van der Waals surface area contributed by atoms with Crippen molar-refractivity contribution >= 4 is 21.9 Å². The van der Waals surface area contributed by atoms with Crippen molar-refractivity contribution in [3.05, 3.63) is 22.2 Å².